The lowest BCUT2D eigenvalue weighted by Gasteiger charge is -2.23. The van der Waals surface area contributed by atoms with E-state index in [1.165, 1.54) is 0 Å². The van der Waals surface area contributed by atoms with Gasteiger partial charge in [-0.05, 0) is 13.3 Å². The molecule has 1 aliphatic heterocycles. The first kappa shape index (κ1) is 15.2. The molecule has 114 valence electrons. The van der Waals surface area contributed by atoms with Crippen molar-refractivity contribution in [2.75, 3.05) is 6.54 Å². The summed E-state index contributed by atoms with van der Waals surface area (Å²) in [5, 5.41) is 17.5. The number of carboxylic acids is 1. The van der Waals surface area contributed by atoms with E-state index >= 15 is 0 Å². The Balaban J connectivity index is 1.80. The molecule has 0 spiro atoms. The van der Waals surface area contributed by atoms with Gasteiger partial charge in [0.2, 0.25) is 5.91 Å². The first-order chi connectivity index (χ1) is 9.95. The summed E-state index contributed by atoms with van der Waals surface area (Å²) in [5.74, 6) is -1.02. The molecule has 1 aliphatic rings. The van der Waals surface area contributed by atoms with E-state index < -0.39 is 5.97 Å². The number of nitrogens with one attached hydrogen (secondary N) is 3. The van der Waals surface area contributed by atoms with Crippen molar-refractivity contribution in [2.45, 2.75) is 32.4 Å². The molecule has 1 atom stereocenters. The van der Waals surface area contributed by atoms with Crippen LogP contribution in [-0.2, 0) is 11.3 Å². The molecule has 0 aromatic carbocycles. The number of aryl methyl sites for hydroxylation is 1. The maximum Gasteiger partial charge on any atom is 0.347 e. The molecule has 2 rings (SSSR count). The van der Waals surface area contributed by atoms with Gasteiger partial charge in [-0.15, -0.1) is 11.3 Å². The Morgan fingerprint density at radius 1 is 1.52 bits per heavy atom. The van der Waals surface area contributed by atoms with Crippen LogP contribution in [0.15, 0.2) is 0 Å². The van der Waals surface area contributed by atoms with E-state index in [4.69, 9.17) is 5.11 Å². The first-order valence-electron chi connectivity index (χ1n) is 6.46. The van der Waals surface area contributed by atoms with Gasteiger partial charge in [0.25, 0.3) is 0 Å². The summed E-state index contributed by atoms with van der Waals surface area (Å²) in [7, 11) is 0. The molecule has 0 radical (unpaired) electrons. The lowest BCUT2D eigenvalue weighted by molar-refractivity contribution is -0.122. The Bertz CT molecular complexity index is 562. The molecule has 0 aliphatic carbocycles. The van der Waals surface area contributed by atoms with Crippen LogP contribution in [0.1, 0.15) is 33.2 Å². The molecule has 0 saturated carbocycles. The molecule has 21 heavy (non-hydrogen) atoms. The maximum atomic E-state index is 11.7. The minimum absolute atomic E-state index is 0.00656. The van der Waals surface area contributed by atoms with Crippen molar-refractivity contribution in [3.05, 3.63) is 15.6 Å². The maximum absolute atomic E-state index is 11.7. The number of aromatic carboxylic acids is 1. The van der Waals surface area contributed by atoms with E-state index in [-0.39, 0.29) is 29.4 Å². The molecule has 1 aromatic rings. The Labute approximate surface area is 124 Å². The van der Waals surface area contributed by atoms with Crippen molar-refractivity contribution in [2.24, 2.45) is 0 Å². The van der Waals surface area contributed by atoms with E-state index in [1.54, 1.807) is 6.92 Å². The van der Waals surface area contributed by atoms with Crippen molar-refractivity contribution in [1.29, 1.82) is 0 Å². The number of rotatable bonds is 4. The zero-order valence-electron chi connectivity index (χ0n) is 11.4. The van der Waals surface area contributed by atoms with Crippen molar-refractivity contribution >= 4 is 29.2 Å². The van der Waals surface area contributed by atoms with Gasteiger partial charge in [-0.3, -0.25) is 4.79 Å². The fraction of sp³-hybridized carbons (Fsp3) is 0.500. The summed E-state index contributed by atoms with van der Waals surface area (Å²) in [6.45, 7) is 2.21. The van der Waals surface area contributed by atoms with Crippen LogP contribution in [-0.4, -0.2) is 40.6 Å². The van der Waals surface area contributed by atoms with Crippen LogP contribution in [0.25, 0.3) is 0 Å². The SMILES string of the molecule is Cc1nc(CNC(=O)NC2CCC(=O)NC2)sc1C(=O)O. The second kappa shape index (κ2) is 6.53. The van der Waals surface area contributed by atoms with E-state index in [2.05, 4.69) is 20.9 Å². The number of amides is 3. The fourth-order valence-electron chi connectivity index (χ4n) is 1.97. The topological polar surface area (TPSA) is 120 Å². The van der Waals surface area contributed by atoms with Crippen LogP contribution in [0.4, 0.5) is 4.79 Å². The number of hydrogen-bond donors (Lipinski definition) is 4. The molecule has 1 fully saturated rings. The van der Waals surface area contributed by atoms with Crippen LogP contribution in [0.2, 0.25) is 0 Å². The van der Waals surface area contributed by atoms with Crippen molar-refractivity contribution < 1.29 is 19.5 Å². The highest BCUT2D eigenvalue weighted by Crippen LogP contribution is 2.17. The average molecular weight is 312 g/mol. The van der Waals surface area contributed by atoms with E-state index in [9.17, 15) is 14.4 Å². The first-order valence-corrected chi connectivity index (χ1v) is 7.28. The van der Waals surface area contributed by atoms with Crippen LogP contribution in [0.5, 0.6) is 0 Å². The number of hydrogen-bond acceptors (Lipinski definition) is 5. The zero-order valence-corrected chi connectivity index (χ0v) is 12.2. The predicted octanol–water partition coefficient (Wildman–Crippen LogP) is 0.228. The van der Waals surface area contributed by atoms with E-state index in [1.807, 2.05) is 0 Å². The number of piperidine rings is 1. The van der Waals surface area contributed by atoms with Crippen LogP contribution in [0.3, 0.4) is 0 Å². The summed E-state index contributed by atoms with van der Waals surface area (Å²) in [6.07, 6.45) is 1.01. The summed E-state index contributed by atoms with van der Waals surface area (Å²) in [4.78, 5) is 37.9. The number of aromatic nitrogens is 1. The number of carboxylic acid groups (broad SMARTS) is 1. The highest BCUT2D eigenvalue weighted by molar-refractivity contribution is 7.13. The third-order valence-electron chi connectivity index (χ3n) is 3.04. The summed E-state index contributed by atoms with van der Waals surface area (Å²) in [6, 6.07) is -0.448. The molecule has 3 amide bonds. The number of thiazole rings is 1. The molecule has 8 nitrogen and oxygen atoms in total. The van der Waals surface area contributed by atoms with Gasteiger partial charge >= 0.3 is 12.0 Å². The Hall–Kier alpha value is -2.16. The van der Waals surface area contributed by atoms with Gasteiger partial charge in [-0.2, -0.15) is 0 Å². The summed E-state index contributed by atoms with van der Waals surface area (Å²) in [5.41, 5.74) is 0.444. The van der Waals surface area contributed by atoms with Crippen LogP contribution >= 0.6 is 11.3 Å². The molecule has 9 heteroatoms. The van der Waals surface area contributed by atoms with Gasteiger partial charge in [0.05, 0.1) is 12.2 Å². The predicted molar refractivity (Wildman–Crippen MR) is 75.2 cm³/mol. The lowest BCUT2D eigenvalue weighted by atomic mass is 10.1. The highest BCUT2D eigenvalue weighted by Gasteiger charge is 2.20. The minimum atomic E-state index is -1.02. The summed E-state index contributed by atoms with van der Waals surface area (Å²) >= 11 is 1.05. The normalized spacial score (nSPS) is 18.0. The highest BCUT2D eigenvalue weighted by atomic mass is 32.1. The molecule has 1 unspecified atom stereocenters. The third-order valence-corrected chi connectivity index (χ3v) is 4.18. The molecular weight excluding hydrogens is 296 g/mol. The number of carbonyl (C=O) groups excluding carboxylic acids is 2. The van der Waals surface area contributed by atoms with Gasteiger partial charge in [-0.25, -0.2) is 14.6 Å². The Morgan fingerprint density at radius 2 is 2.29 bits per heavy atom. The standard InChI is InChI=1S/C12H16N4O4S/c1-6-10(11(18)19)21-9(15-6)5-14-12(20)16-7-2-3-8(17)13-4-7/h7H,2-5H2,1H3,(H,13,17)(H,18,19)(H2,14,16,20). The largest absolute Gasteiger partial charge is 0.477 e. The minimum Gasteiger partial charge on any atom is -0.477 e. The second-order valence-electron chi connectivity index (χ2n) is 4.69. The van der Waals surface area contributed by atoms with Crippen molar-refractivity contribution in [3.63, 3.8) is 0 Å². The number of nitrogens with zero attached hydrogens (tertiary/aromatic N) is 1. The number of carbonyl (C=O) groups is 3. The smallest absolute Gasteiger partial charge is 0.347 e. The zero-order chi connectivity index (χ0) is 15.4. The van der Waals surface area contributed by atoms with Gasteiger partial charge < -0.3 is 21.1 Å². The molecule has 4 N–H and O–H groups in total. The molecular formula is C12H16N4O4S. The monoisotopic (exact) mass is 312 g/mol. The van der Waals surface area contributed by atoms with Crippen LogP contribution in [0, 0.1) is 6.92 Å². The third kappa shape index (κ3) is 4.15. The summed E-state index contributed by atoms with van der Waals surface area (Å²) < 4.78 is 0. The van der Waals surface area contributed by atoms with Crippen LogP contribution < -0.4 is 16.0 Å². The van der Waals surface area contributed by atoms with Crippen molar-refractivity contribution in [3.8, 4) is 0 Å². The van der Waals surface area contributed by atoms with E-state index in [0.717, 1.165) is 11.3 Å². The lowest BCUT2D eigenvalue weighted by Crippen LogP contribution is -2.50. The molecule has 2 heterocycles. The van der Waals surface area contributed by atoms with Gasteiger partial charge in [0.15, 0.2) is 0 Å². The molecule has 0 bridgehead atoms. The van der Waals surface area contributed by atoms with Gasteiger partial charge in [0.1, 0.15) is 9.88 Å². The second-order valence-corrected chi connectivity index (χ2v) is 5.78. The number of urea groups is 1. The van der Waals surface area contributed by atoms with Crippen molar-refractivity contribution in [1.82, 2.24) is 20.9 Å². The Morgan fingerprint density at radius 3 is 2.86 bits per heavy atom. The average Bonchev–Trinajstić information content (AvgIpc) is 2.81. The van der Waals surface area contributed by atoms with Gasteiger partial charge in [0, 0.05) is 19.0 Å². The van der Waals surface area contributed by atoms with Gasteiger partial charge in [-0.1, -0.05) is 0 Å². The Kier molecular flexibility index (Phi) is 4.73. The quantitative estimate of drug-likeness (QED) is 0.634. The molecule has 1 saturated heterocycles. The van der Waals surface area contributed by atoms with E-state index in [0.29, 0.717) is 30.1 Å². The fourth-order valence-corrected chi connectivity index (χ4v) is 2.82. The molecule has 1 aromatic heterocycles.